The summed E-state index contributed by atoms with van der Waals surface area (Å²) >= 11 is 0. The van der Waals surface area contributed by atoms with Gasteiger partial charge in [0.05, 0.1) is 11.5 Å². The number of H-pyrrole nitrogens is 1. The van der Waals surface area contributed by atoms with Crippen LogP contribution >= 0.6 is 0 Å². The van der Waals surface area contributed by atoms with Crippen LogP contribution in [0.15, 0.2) is 27.5 Å². The van der Waals surface area contributed by atoms with Crippen LogP contribution in [0.4, 0.5) is 5.82 Å². The Morgan fingerprint density at radius 2 is 2.40 bits per heavy atom. The summed E-state index contributed by atoms with van der Waals surface area (Å²) < 4.78 is 5.03. The Hall–Kier alpha value is -2.62. The van der Waals surface area contributed by atoms with Gasteiger partial charge in [-0.15, -0.1) is 5.10 Å². The molecule has 20 heavy (non-hydrogen) atoms. The van der Waals surface area contributed by atoms with E-state index in [2.05, 4.69) is 20.1 Å². The van der Waals surface area contributed by atoms with Crippen molar-refractivity contribution >= 4 is 5.82 Å². The van der Waals surface area contributed by atoms with Crippen molar-refractivity contribution in [2.24, 2.45) is 0 Å². The van der Waals surface area contributed by atoms with E-state index in [1.807, 2.05) is 12.1 Å². The van der Waals surface area contributed by atoms with Gasteiger partial charge >= 0.3 is 5.76 Å². The number of hydrogen-bond donors (Lipinski definition) is 1. The monoisotopic (exact) mass is 271 g/mol. The zero-order valence-corrected chi connectivity index (χ0v) is 10.7. The molecule has 2 aromatic rings. The van der Waals surface area contributed by atoms with Gasteiger partial charge < -0.3 is 9.32 Å². The van der Waals surface area contributed by atoms with Crippen molar-refractivity contribution in [2.75, 3.05) is 18.0 Å². The Morgan fingerprint density at radius 3 is 3.05 bits per heavy atom. The molecular weight excluding hydrogens is 258 g/mol. The molecule has 3 heterocycles. The third-order valence-corrected chi connectivity index (χ3v) is 3.43. The van der Waals surface area contributed by atoms with Crippen molar-refractivity contribution in [3.05, 3.63) is 40.3 Å². The van der Waals surface area contributed by atoms with Crippen LogP contribution in [0.1, 0.15) is 30.2 Å². The molecule has 0 aromatic carbocycles. The molecule has 2 aromatic heterocycles. The van der Waals surface area contributed by atoms with Gasteiger partial charge in [0.25, 0.3) is 0 Å². The SMILES string of the molecule is N#Cc1ccc(N2CCC[C@H](c3n[nH]c(=O)o3)C2)nc1. The minimum absolute atomic E-state index is 0.0835. The van der Waals surface area contributed by atoms with Crippen molar-refractivity contribution < 1.29 is 4.42 Å². The standard InChI is InChI=1S/C13H13N5O2/c14-6-9-3-4-11(15-7-9)18-5-1-2-10(8-18)12-16-17-13(19)20-12/h3-4,7,10H,1-2,5,8H2,(H,17,19)/t10-/m0/s1. The summed E-state index contributed by atoms with van der Waals surface area (Å²) in [5.74, 6) is 0.841. The molecule has 1 N–H and O–H groups in total. The van der Waals surface area contributed by atoms with E-state index in [1.54, 1.807) is 12.3 Å². The maximum absolute atomic E-state index is 11.0. The second kappa shape index (κ2) is 5.17. The fraction of sp³-hybridized carbons (Fsp3) is 0.385. The zero-order valence-electron chi connectivity index (χ0n) is 10.7. The Bertz CT molecular complexity index is 682. The Kier molecular flexibility index (Phi) is 3.21. The van der Waals surface area contributed by atoms with E-state index in [9.17, 15) is 4.79 Å². The van der Waals surface area contributed by atoms with Gasteiger partial charge in [-0.25, -0.2) is 14.9 Å². The summed E-state index contributed by atoms with van der Waals surface area (Å²) in [6, 6.07) is 5.64. The van der Waals surface area contributed by atoms with E-state index < -0.39 is 5.76 Å². The summed E-state index contributed by atoms with van der Waals surface area (Å²) in [5.41, 5.74) is 0.542. The van der Waals surface area contributed by atoms with Gasteiger partial charge in [0.2, 0.25) is 5.89 Å². The van der Waals surface area contributed by atoms with E-state index in [-0.39, 0.29) is 5.92 Å². The molecule has 3 rings (SSSR count). The molecule has 0 amide bonds. The zero-order chi connectivity index (χ0) is 13.9. The highest BCUT2D eigenvalue weighted by molar-refractivity contribution is 5.42. The van der Waals surface area contributed by atoms with Crippen LogP contribution in [0.2, 0.25) is 0 Å². The molecule has 0 saturated carbocycles. The molecule has 102 valence electrons. The highest BCUT2D eigenvalue weighted by atomic mass is 16.4. The molecule has 1 aliphatic heterocycles. The number of piperidine rings is 1. The van der Waals surface area contributed by atoms with Crippen molar-refractivity contribution in [2.45, 2.75) is 18.8 Å². The minimum atomic E-state index is -0.520. The third kappa shape index (κ3) is 2.40. The normalized spacial score (nSPS) is 18.8. The molecule has 1 fully saturated rings. The average molecular weight is 271 g/mol. The van der Waals surface area contributed by atoms with Crippen LogP contribution in [-0.2, 0) is 0 Å². The predicted molar refractivity (Wildman–Crippen MR) is 70.3 cm³/mol. The first-order valence-corrected chi connectivity index (χ1v) is 6.43. The Balaban J connectivity index is 1.77. The van der Waals surface area contributed by atoms with Crippen LogP contribution < -0.4 is 10.7 Å². The van der Waals surface area contributed by atoms with Gasteiger partial charge in [0.1, 0.15) is 11.9 Å². The number of rotatable bonds is 2. The van der Waals surface area contributed by atoms with E-state index in [0.29, 0.717) is 18.0 Å². The summed E-state index contributed by atoms with van der Waals surface area (Å²) in [6.07, 6.45) is 3.47. The first-order chi connectivity index (χ1) is 9.76. The van der Waals surface area contributed by atoms with Crippen molar-refractivity contribution in [1.82, 2.24) is 15.2 Å². The van der Waals surface area contributed by atoms with Gasteiger partial charge in [-0.2, -0.15) is 5.26 Å². The summed E-state index contributed by atoms with van der Waals surface area (Å²) in [4.78, 5) is 17.4. The summed E-state index contributed by atoms with van der Waals surface area (Å²) in [6.45, 7) is 1.59. The second-order valence-electron chi connectivity index (χ2n) is 4.75. The first-order valence-electron chi connectivity index (χ1n) is 6.43. The predicted octanol–water partition coefficient (Wildman–Crippen LogP) is 1.01. The van der Waals surface area contributed by atoms with Gasteiger partial charge in [-0.1, -0.05) is 0 Å². The maximum atomic E-state index is 11.0. The molecule has 0 aliphatic carbocycles. The topological polar surface area (TPSA) is 98.8 Å². The highest BCUT2D eigenvalue weighted by Crippen LogP contribution is 2.27. The molecular formula is C13H13N5O2. The van der Waals surface area contributed by atoms with Crippen LogP contribution in [0.5, 0.6) is 0 Å². The maximum Gasteiger partial charge on any atom is 0.434 e. The lowest BCUT2D eigenvalue weighted by molar-refractivity contribution is 0.384. The number of hydrogen-bond acceptors (Lipinski definition) is 6. The quantitative estimate of drug-likeness (QED) is 0.875. The number of anilines is 1. The number of nitrogens with zero attached hydrogens (tertiary/aromatic N) is 4. The summed E-state index contributed by atoms with van der Waals surface area (Å²) in [7, 11) is 0. The molecule has 0 spiro atoms. The Morgan fingerprint density at radius 1 is 1.50 bits per heavy atom. The van der Waals surface area contributed by atoms with Gasteiger partial charge in [-0.05, 0) is 25.0 Å². The fourth-order valence-electron chi connectivity index (χ4n) is 2.44. The van der Waals surface area contributed by atoms with E-state index in [0.717, 1.165) is 25.2 Å². The van der Waals surface area contributed by atoms with Crippen LogP contribution in [-0.4, -0.2) is 28.3 Å². The molecule has 7 heteroatoms. The molecule has 1 aliphatic rings. The highest BCUT2D eigenvalue weighted by Gasteiger charge is 2.26. The third-order valence-electron chi connectivity index (χ3n) is 3.43. The van der Waals surface area contributed by atoms with Gasteiger partial charge in [0, 0.05) is 19.3 Å². The number of aromatic nitrogens is 3. The fourth-order valence-corrected chi connectivity index (χ4v) is 2.44. The van der Waals surface area contributed by atoms with Gasteiger partial charge in [-0.3, -0.25) is 0 Å². The van der Waals surface area contributed by atoms with Crippen LogP contribution in [0.3, 0.4) is 0 Å². The second-order valence-corrected chi connectivity index (χ2v) is 4.75. The van der Waals surface area contributed by atoms with E-state index >= 15 is 0 Å². The van der Waals surface area contributed by atoms with Crippen LogP contribution in [0.25, 0.3) is 0 Å². The number of nitriles is 1. The number of pyridine rings is 1. The van der Waals surface area contributed by atoms with Crippen molar-refractivity contribution in [1.29, 1.82) is 5.26 Å². The number of nitrogens with one attached hydrogen (secondary N) is 1. The lowest BCUT2D eigenvalue weighted by Crippen LogP contribution is -2.35. The minimum Gasteiger partial charge on any atom is -0.392 e. The molecule has 1 atom stereocenters. The number of aromatic amines is 1. The molecule has 0 bridgehead atoms. The summed E-state index contributed by atoms with van der Waals surface area (Å²) in [5, 5.41) is 15.0. The smallest absolute Gasteiger partial charge is 0.392 e. The molecule has 0 radical (unpaired) electrons. The molecule has 0 unspecified atom stereocenters. The first kappa shape index (κ1) is 12.4. The molecule has 1 saturated heterocycles. The average Bonchev–Trinajstić information content (AvgIpc) is 2.94. The molecule has 7 nitrogen and oxygen atoms in total. The largest absolute Gasteiger partial charge is 0.434 e. The Labute approximate surface area is 114 Å². The van der Waals surface area contributed by atoms with Crippen molar-refractivity contribution in [3.8, 4) is 6.07 Å². The van der Waals surface area contributed by atoms with Gasteiger partial charge in [0.15, 0.2) is 0 Å². The lowest BCUT2D eigenvalue weighted by atomic mass is 9.98. The lowest BCUT2D eigenvalue weighted by Gasteiger charge is -2.31. The van der Waals surface area contributed by atoms with Crippen molar-refractivity contribution in [3.63, 3.8) is 0 Å². The van der Waals surface area contributed by atoms with Crippen LogP contribution in [0, 0.1) is 11.3 Å². The van der Waals surface area contributed by atoms with E-state index in [4.69, 9.17) is 9.68 Å². The van der Waals surface area contributed by atoms with E-state index in [1.165, 1.54) is 0 Å².